The van der Waals surface area contributed by atoms with Gasteiger partial charge in [0, 0.05) is 24.1 Å². The molecule has 110 valence electrons. The number of nitro groups is 1. The third-order valence-corrected chi connectivity index (χ3v) is 2.55. The molecule has 0 aliphatic heterocycles. The third kappa shape index (κ3) is 4.67. The van der Waals surface area contributed by atoms with Crippen molar-refractivity contribution >= 4 is 23.2 Å². The van der Waals surface area contributed by atoms with E-state index in [0.29, 0.717) is 25.6 Å². The van der Waals surface area contributed by atoms with Crippen LogP contribution in [0.3, 0.4) is 0 Å². The Morgan fingerprint density at radius 3 is 2.80 bits per heavy atom. The zero-order valence-electron chi connectivity index (χ0n) is 10.9. The minimum Gasteiger partial charge on any atom is -0.490 e. The summed E-state index contributed by atoms with van der Waals surface area (Å²) in [6.45, 7) is 1.04. The summed E-state index contributed by atoms with van der Waals surface area (Å²) >= 11 is 5.43. The highest BCUT2D eigenvalue weighted by atomic mass is 35.5. The van der Waals surface area contributed by atoms with Gasteiger partial charge in [-0.3, -0.25) is 14.9 Å². The molecule has 1 aromatic rings. The Kier molecular flexibility index (Phi) is 6.75. The fourth-order valence-corrected chi connectivity index (χ4v) is 1.58. The van der Waals surface area contributed by atoms with Crippen molar-refractivity contribution in [2.24, 2.45) is 0 Å². The molecule has 0 saturated carbocycles. The number of carbonyl (C=O) groups is 1. The number of nitrogens with zero attached hydrogens (tertiary/aromatic N) is 1. The van der Waals surface area contributed by atoms with E-state index in [0.717, 1.165) is 0 Å². The highest BCUT2D eigenvalue weighted by molar-refractivity contribution is 6.17. The van der Waals surface area contributed by atoms with Crippen LogP contribution in [0.1, 0.15) is 10.4 Å². The SMILES string of the molecule is COc1ccc(C(=O)NCCOCCCl)cc1[N+](=O)[O-]. The van der Waals surface area contributed by atoms with Crippen molar-refractivity contribution in [3.63, 3.8) is 0 Å². The highest BCUT2D eigenvalue weighted by Crippen LogP contribution is 2.27. The van der Waals surface area contributed by atoms with Gasteiger partial charge in [-0.1, -0.05) is 0 Å². The number of carbonyl (C=O) groups excluding carboxylic acids is 1. The predicted octanol–water partition coefficient (Wildman–Crippen LogP) is 1.59. The smallest absolute Gasteiger partial charge is 0.311 e. The average Bonchev–Trinajstić information content (AvgIpc) is 2.46. The molecule has 0 aliphatic carbocycles. The molecule has 0 heterocycles. The second-order valence-electron chi connectivity index (χ2n) is 3.70. The lowest BCUT2D eigenvalue weighted by Gasteiger charge is -2.07. The summed E-state index contributed by atoms with van der Waals surface area (Å²) in [7, 11) is 1.33. The number of alkyl halides is 1. The van der Waals surface area contributed by atoms with Crippen LogP contribution >= 0.6 is 11.6 Å². The van der Waals surface area contributed by atoms with Crippen molar-refractivity contribution in [1.82, 2.24) is 5.32 Å². The molecule has 1 amide bonds. The van der Waals surface area contributed by atoms with Crippen molar-refractivity contribution in [3.05, 3.63) is 33.9 Å². The highest BCUT2D eigenvalue weighted by Gasteiger charge is 2.17. The minimum absolute atomic E-state index is 0.108. The van der Waals surface area contributed by atoms with Gasteiger partial charge in [-0.25, -0.2) is 0 Å². The molecule has 0 atom stereocenters. The van der Waals surface area contributed by atoms with E-state index in [2.05, 4.69) is 5.32 Å². The predicted molar refractivity (Wildman–Crippen MR) is 73.5 cm³/mol. The Bertz CT molecular complexity index is 481. The molecular formula is C12H15ClN2O5. The first-order chi connectivity index (χ1) is 9.60. The van der Waals surface area contributed by atoms with Crippen LogP contribution < -0.4 is 10.1 Å². The van der Waals surface area contributed by atoms with Gasteiger partial charge in [-0.15, -0.1) is 11.6 Å². The second kappa shape index (κ2) is 8.34. The van der Waals surface area contributed by atoms with E-state index in [1.807, 2.05) is 0 Å². The van der Waals surface area contributed by atoms with Crippen LogP contribution in [0, 0.1) is 10.1 Å². The van der Waals surface area contributed by atoms with Crippen molar-refractivity contribution in [2.45, 2.75) is 0 Å². The van der Waals surface area contributed by atoms with Gasteiger partial charge in [-0.05, 0) is 12.1 Å². The van der Waals surface area contributed by atoms with E-state index in [1.54, 1.807) is 0 Å². The van der Waals surface area contributed by atoms with E-state index < -0.39 is 10.8 Å². The molecule has 1 aromatic carbocycles. The summed E-state index contributed by atoms with van der Waals surface area (Å²) in [6, 6.07) is 4.02. The van der Waals surface area contributed by atoms with Crippen LogP contribution in [0.4, 0.5) is 5.69 Å². The Balaban J connectivity index is 2.64. The number of methoxy groups -OCH3 is 1. The van der Waals surface area contributed by atoms with Crippen molar-refractivity contribution in [3.8, 4) is 5.75 Å². The molecular weight excluding hydrogens is 288 g/mol. The van der Waals surface area contributed by atoms with Gasteiger partial charge < -0.3 is 14.8 Å². The lowest BCUT2D eigenvalue weighted by molar-refractivity contribution is -0.385. The standard InChI is InChI=1S/C12H15ClN2O5/c1-19-11-3-2-9(8-10(11)15(17)18)12(16)14-5-7-20-6-4-13/h2-3,8H,4-7H2,1H3,(H,14,16). The van der Waals surface area contributed by atoms with E-state index in [9.17, 15) is 14.9 Å². The Morgan fingerprint density at radius 1 is 1.45 bits per heavy atom. The monoisotopic (exact) mass is 302 g/mol. The molecule has 0 bridgehead atoms. The number of amides is 1. The van der Waals surface area contributed by atoms with E-state index in [1.165, 1.54) is 25.3 Å². The van der Waals surface area contributed by atoms with Crippen LogP contribution in [0.2, 0.25) is 0 Å². The molecule has 1 N–H and O–H groups in total. The van der Waals surface area contributed by atoms with Crippen molar-refractivity contribution < 1.29 is 19.2 Å². The Hall–Kier alpha value is -1.86. The Labute approximate surface area is 121 Å². The topological polar surface area (TPSA) is 90.7 Å². The average molecular weight is 303 g/mol. The van der Waals surface area contributed by atoms with Gasteiger partial charge in [0.2, 0.25) is 0 Å². The summed E-state index contributed by atoms with van der Waals surface area (Å²) < 4.78 is 9.95. The van der Waals surface area contributed by atoms with E-state index in [4.69, 9.17) is 21.1 Å². The van der Waals surface area contributed by atoms with Crippen LogP contribution in [0.25, 0.3) is 0 Å². The number of hydrogen-bond acceptors (Lipinski definition) is 5. The summed E-state index contributed by atoms with van der Waals surface area (Å²) in [5.41, 5.74) is -0.0617. The maximum atomic E-state index is 11.8. The lowest BCUT2D eigenvalue weighted by Crippen LogP contribution is -2.27. The van der Waals surface area contributed by atoms with Crippen LogP contribution in [-0.2, 0) is 4.74 Å². The Morgan fingerprint density at radius 2 is 2.20 bits per heavy atom. The molecule has 0 saturated heterocycles. The van der Waals surface area contributed by atoms with Gasteiger partial charge in [0.25, 0.3) is 5.91 Å². The molecule has 7 nitrogen and oxygen atoms in total. The first kappa shape index (κ1) is 16.2. The first-order valence-electron chi connectivity index (χ1n) is 5.84. The van der Waals surface area contributed by atoms with E-state index in [-0.39, 0.29) is 17.0 Å². The number of halogens is 1. The molecule has 0 unspecified atom stereocenters. The lowest BCUT2D eigenvalue weighted by atomic mass is 10.1. The minimum atomic E-state index is -0.598. The first-order valence-corrected chi connectivity index (χ1v) is 6.38. The molecule has 20 heavy (non-hydrogen) atoms. The summed E-state index contributed by atoms with van der Waals surface area (Å²) in [5, 5.41) is 13.4. The van der Waals surface area contributed by atoms with Crippen LogP contribution in [0.15, 0.2) is 18.2 Å². The van der Waals surface area contributed by atoms with Crippen LogP contribution in [0.5, 0.6) is 5.75 Å². The normalized spacial score (nSPS) is 10.1. The maximum Gasteiger partial charge on any atom is 0.311 e. The van der Waals surface area contributed by atoms with E-state index >= 15 is 0 Å². The van der Waals surface area contributed by atoms with Crippen molar-refractivity contribution in [1.29, 1.82) is 0 Å². The molecule has 0 radical (unpaired) electrons. The van der Waals surface area contributed by atoms with Gasteiger partial charge in [-0.2, -0.15) is 0 Å². The maximum absolute atomic E-state index is 11.8. The van der Waals surface area contributed by atoms with Gasteiger partial charge in [0.15, 0.2) is 5.75 Å². The van der Waals surface area contributed by atoms with Crippen molar-refractivity contribution in [2.75, 3.05) is 32.7 Å². The third-order valence-electron chi connectivity index (χ3n) is 2.39. The molecule has 0 aliphatic rings. The number of hydrogen-bond donors (Lipinski definition) is 1. The van der Waals surface area contributed by atoms with Gasteiger partial charge in [0.05, 0.1) is 25.2 Å². The van der Waals surface area contributed by atoms with Gasteiger partial charge >= 0.3 is 5.69 Å². The summed E-state index contributed by atoms with van der Waals surface area (Å²) in [4.78, 5) is 22.0. The molecule has 8 heteroatoms. The molecule has 1 rings (SSSR count). The fraction of sp³-hybridized carbons (Fsp3) is 0.417. The summed E-state index contributed by atoms with van der Waals surface area (Å²) in [6.07, 6.45) is 0. The quantitative estimate of drug-likeness (QED) is 0.341. The zero-order chi connectivity index (χ0) is 15.0. The number of benzene rings is 1. The fourth-order valence-electron chi connectivity index (χ4n) is 1.47. The van der Waals surface area contributed by atoms with Gasteiger partial charge in [0.1, 0.15) is 0 Å². The molecule has 0 aromatic heterocycles. The number of nitro benzene ring substituents is 1. The van der Waals surface area contributed by atoms with Crippen LogP contribution in [-0.4, -0.2) is 43.6 Å². The number of rotatable bonds is 8. The number of ether oxygens (including phenoxy) is 2. The zero-order valence-corrected chi connectivity index (χ0v) is 11.7. The second-order valence-corrected chi connectivity index (χ2v) is 4.08. The molecule has 0 fully saturated rings. The largest absolute Gasteiger partial charge is 0.490 e. The summed E-state index contributed by atoms with van der Waals surface area (Å²) in [5.74, 6) is 0.0840. The molecule has 0 spiro atoms. The number of nitrogens with one attached hydrogen (secondary N) is 1.